The molecule has 1 aliphatic heterocycles. The molecular formula is C18H29N7O4. The molecule has 2 fully saturated rings. The molecule has 5 N–H and O–H groups in total. The highest BCUT2D eigenvalue weighted by atomic mass is 16.6. The molecule has 1 saturated heterocycles. The van der Waals surface area contributed by atoms with Crippen LogP contribution in [0.15, 0.2) is 6.20 Å². The Labute approximate surface area is 169 Å². The number of anilines is 2. The number of nitrogens with two attached hydrogens (primary N) is 1. The number of hydrogen-bond donors (Lipinski definition) is 4. The van der Waals surface area contributed by atoms with Crippen LogP contribution in [0.4, 0.5) is 17.5 Å². The quantitative estimate of drug-likeness (QED) is 0.377. The van der Waals surface area contributed by atoms with Crippen molar-refractivity contribution in [2.24, 2.45) is 11.7 Å². The number of amides is 1. The van der Waals surface area contributed by atoms with E-state index < -0.39 is 4.92 Å². The molecule has 0 bridgehead atoms. The van der Waals surface area contributed by atoms with Gasteiger partial charge in [-0.15, -0.1) is 0 Å². The molecule has 1 aromatic rings. The number of nitrogens with one attached hydrogen (secondary N) is 2. The molecule has 1 aromatic heterocycles. The topological polar surface area (TPSA) is 160 Å². The van der Waals surface area contributed by atoms with Gasteiger partial charge in [0.1, 0.15) is 6.20 Å². The maximum absolute atomic E-state index is 12.3. The molecule has 11 nitrogen and oxygen atoms in total. The van der Waals surface area contributed by atoms with Crippen LogP contribution < -0.4 is 16.4 Å². The molecule has 1 saturated carbocycles. The number of hydrogen-bond acceptors (Lipinski definition) is 9. The van der Waals surface area contributed by atoms with Crippen molar-refractivity contribution in [2.75, 3.05) is 36.8 Å². The molecule has 11 heteroatoms. The van der Waals surface area contributed by atoms with E-state index in [1.807, 2.05) is 0 Å². The average Bonchev–Trinajstić information content (AvgIpc) is 2.72. The third kappa shape index (κ3) is 5.97. The number of rotatable bonds is 7. The lowest BCUT2D eigenvalue weighted by Crippen LogP contribution is -2.42. The van der Waals surface area contributed by atoms with Crippen molar-refractivity contribution in [3.8, 4) is 0 Å². The van der Waals surface area contributed by atoms with E-state index in [1.54, 1.807) is 4.90 Å². The van der Waals surface area contributed by atoms with Gasteiger partial charge in [0.25, 0.3) is 0 Å². The van der Waals surface area contributed by atoms with E-state index in [4.69, 9.17) is 5.73 Å². The first kappa shape index (κ1) is 21.2. The van der Waals surface area contributed by atoms with E-state index in [2.05, 4.69) is 20.6 Å². The molecule has 1 amide bonds. The highest BCUT2D eigenvalue weighted by molar-refractivity contribution is 5.80. The van der Waals surface area contributed by atoms with Gasteiger partial charge in [0.2, 0.25) is 17.7 Å². The highest BCUT2D eigenvalue weighted by Crippen LogP contribution is 2.26. The van der Waals surface area contributed by atoms with Gasteiger partial charge in [0, 0.05) is 25.7 Å². The smallest absolute Gasteiger partial charge is 0.329 e. The fourth-order valence-electron chi connectivity index (χ4n) is 3.74. The second-order valence-electron chi connectivity index (χ2n) is 7.81. The van der Waals surface area contributed by atoms with E-state index in [9.17, 15) is 20.0 Å². The van der Waals surface area contributed by atoms with Gasteiger partial charge in [0.05, 0.1) is 17.6 Å². The minimum Gasteiger partial charge on any atom is -0.393 e. The summed E-state index contributed by atoms with van der Waals surface area (Å²) >= 11 is 0. The highest BCUT2D eigenvalue weighted by Gasteiger charge is 2.23. The number of piperidine rings is 1. The Morgan fingerprint density at radius 1 is 1.24 bits per heavy atom. The second-order valence-corrected chi connectivity index (χ2v) is 7.81. The first-order valence-corrected chi connectivity index (χ1v) is 10.1. The average molecular weight is 407 g/mol. The summed E-state index contributed by atoms with van der Waals surface area (Å²) in [5.41, 5.74) is 5.73. The monoisotopic (exact) mass is 407 g/mol. The molecule has 29 heavy (non-hydrogen) atoms. The van der Waals surface area contributed by atoms with Crippen LogP contribution in [0.1, 0.15) is 38.5 Å². The third-order valence-electron chi connectivity index (χ3n) is 5.63. The maximum Gasteiger partial charge on any atom is 0.329 e. The van der Waals surface area contributed by atoms with Crippen molar-refractivity contribution in [3.63, 3.8) is 0 Å². The van der Waals surface area contributed by atoms with Crippen molar-refractivity contribution in [1.29, 1.82) is 0 Å². The number of carbonyl (C=O) groups excluding carboxylic acids is 1. The lowest BCUT2D eigenvalue weighted by molar-refractivity contribution is -0.384. The zero-order valence-corrected chi connectivity index (χ0v) is 16.4. The number of nitro groups is 1. The molecule has 2 aliphatic rings. The molecule has 3 rings (SSSR count). The van der Waals surface area contributed by atoms with Gasteiger partial charge in [-0.1, -0.05) is 0 Å². The maximum atomic E-state index is 12.3. The first-order valence-electron chi connectivity index (χ1n) is 10.1. The van der Waals surface area contributed by atoms with Gasteiger partial charge in [-0.3, -0.25) is 14.9 Å². The van der Waals surface area contributed by atoms with Crippen LogP contribution in [-0.2, 0) is 4.79 Å². The summed E-state index contributed by atoms with van der Waals surface area (Å²) in [6.07, 6.45) is 5.82. The van der Waals surface area contributed by atoms with E-state index in [1.165, 1.54) is 0 Å². The van der Waals surface area contributed by atoms with Gasteiger partial charge in [-0.25, -0.2) is 4.98 Å². The van der Waals surface area contributed by atoms with Crippen LogP contribution in [0, 0.1) is 16.0 Å². The fourth-order valence-corrected chi connectivity index (χ4v) is 3.74. The van der Waals surface area contributed by atoms with Gasteiger partial charge in [0.15, 0.2) is 0 Å². The van der Waals surface area contributed by atoms with Gasteiger partial charge < -0.3 is 26.4 Å². The van der Waals surface area contributed by atoms with Gasteiger partial charge in [-0.2, -0.15) is 4.98 Å². The first-order chi connectivity index (χ1) is 13.9. The molecule has 160 valence electrons. The fraction of sp³-hybridized carbons (Fsp3) is 0.722. The van der Waals surface area contributed by atoms with E-state index >= 15 is 0 Å². The molecule has 0 aromatic carbocycles. The zero-order valence-electron chi connectivity index (χ0n) is 16.4. The van der Waals surface area contributed by atoms with Crippen LogP contribution >= 0.6 is 0 Å². The Kier molecular flexibility index (Phi) is 7.15. The van der Waals surface area contributed by atoms with Crippen molar-refractivity contribution in [3.05, 3.63) is 16.3 Å². The predicted molar refractivity (Wildman–Crippen MR) is 107 cm³/mol. The van der Waals surface area contributed by atoms with Crippen molar-refractivity contribution < 1.29 is 14.8 Å². The molecule has 0 radical (unpaired) electrons. The number of aromatic nitrogens is 2. The number of nitrogens with zero attached hydrogens (tertiary/aromatic N) is 4. The molecular weight excluding hydrogens is 378 g/mol. The Morgan fingerprint density at radius 2 is 1.93 bits per heavy atom. The Balaban J connectivity index is 1.57. The Morgan fingerprint density at radius 3 is 2.59 bits per heavy atom. The van der Waals surface area contributed by atoms with E-state index in [0.29, 0.717) is 38.4 Å². The minimum absolute atomic E-state index is 0.00609. The zero-order chi connectivity index (χ0) is 20.8. The second kappa shape index (κ2) is 9.79. The van der Waals surface area contributed by atoms with Crippen LogP contribution in [0.5, 0.6) is 0 Å². The summed E-state index contributed by atoms with van der Waals surface area (Å²) in [7, 11) is 0. The summed E-state index contributed by atoms with van der Waals surface area (Å²) < 4.78 is 0. The number of likely N-dealkylation sites (tertiary alicyclic amines) is 1. The molecule has 0 spiro atoms. The largest absolute Gasteiger partial charge is 0.393 e. The summed E-state index contributed by atoms with van der Waals surface area (Å²) in [5, 5.41) is 26.8. The van der Waals surface area contributed by atoms with Gasteiger partial charge in [-0.05, 0) is 44.4 Å². The number of aliphatic hydroxyl groups is 1. The SMILES string of the molecule is N[C@H]1CC[C@H](CNc2nc(NCC(=O)N3CCC(O)CC3)ncc2[N+](=O)[O-])CC1. The molecule has 2 heterocycles. The summed E-state index contributed by atoms with van der Waals surface area (Å²) in [6.45, 7) is 1.61. The van der Waals surface area contributed by atoms with Gasteiger partial charge >= 0.3 is 5.69 Å². The minimum atomic E-state index is -0.521. The van der Waals surface area contributed by atoms with E-state index in [-0.39, 0.29) is 42.1 Å². The summed E-state index contributed by atoms with van der Waals surface area (Å²) in [6, 6.07) is 0.246. The summed E-state index contributed by atoms with van der Waals surface area (Å²) in [5.74, 6) is 0.591. The Hall–Kier alpha value is -2.53. The predicted octanol–water partition coefficient (Wildman–Crippen LogP) is 0.709. The standard InChI is InChI=1S/C18H29N7O4/c19-13-3-1-12(2-4-13)9-20-17-15(25(28)29)10-21-18(23-17)22-11-16(27)24-7-5-14(26)6-8-24/h10,12-14,26H,1-9,11,19H2,(H2,20,21,22,23)/t12-,13-. The number of aliphatic hydroxyl groups excluding tert-OH is 1. The van der Waals surface area contributed by atoms with Crippen molar-refractivity contribution >= 4 is 23.4 Å². The van der Waals surface area contributed by atoms with Crippen molar-refractivity contribution in [1.82, 2.24) is 14.9 Å². The van der Waals surface area contributed by atoms with Crippen LogP contribution in [-0.4, -0.2) is 69.1 Å². The van der Waals surface area contributed by atoms with Crippen LogP contribution in [0.25, 0.3) is 0 Å². The molecule has 0 atom stereocenters. The lowest BCUT2D eigenvalue weighted by Gasteiger charge is -2.29. The third-order valence-corrected chi connectivity index (χ3v) is 5.63. The summed E-state index contributed by atoms with van der Waals surface area (Å²) in [4.78, 5) is 32.9. The Bertz CT molecular complexity index is 716. The van der Waals surface area contributed by atoms with Crippen molar-refractivity contribution in [2.45, 2.75) is 50.7 Å². The van der Waals surface area contributed by atoms with Crippen LogP contribution in [0.2, 0.25) is 0 Å². The number of carbonyl (C=O) groups is 1. The normalized spacial score (nSPS) is 22.9. The molecule has 1 aliphatic carbocycles. The lowest BCUT2D eigenvalue weighted by atomic mass is 9.86. The van der Waals surface area contributed by atoms with Crippen LogP contribution in [0.3, 0.4) is 0 Å². The molecule has 0 unspecified atom stereocenters. The van der Waals surface area contributed by atoms with E-state index in [0.717, 1.165) is 31.9 Å².